The van der Waals surface area contributed by atoms with Gasteiger partial charge in [-0.15, -0.1) is 0 Å². The molecule has 0 aliphatic rings. The van der Waals surface area contributed by atoms with Gasteiger partial charge in [-0.05, 0) is 42.3 Å². The molecule has 126 valence electrons. The number of rotatable bonds is 6. The van der Waals surface area contributed by atoms with E-state index in [9.17, 15) is 9.59 Å². The highest BCUT2D eigenvalue weighted by molar-refractivity contribution is 7.80. The van der Waals surface area contributed by atoms with Gasteiger partial charge in [0.15, 0.2) is 11.7 Å². The van der Waals surface area contributed by atoms with Crippen LogP contribution >= 0.6 is 12.2 Å². The summed E-state index contributed by atoms with van der Waals surface area (Å²) in [6.45, 7) is 5.96. The topological polar surface area (TPSA) is 79.5 Å². The highest BCUT2D eigenvalue weighted by Crippen LogP contribution is 2.18. The fourth-order valence-corrected chi connectivity index (χ4v) is 1.87. The Morgan fingerprint density at radius 1 is 1.13 bits per heavy atom. The molecule has 0 bridgehead atoms. The Morgan fingerprint density at radius 3 is 2.35 bits per heavy atom. The second kappa shape index (κ2) is 9.78. The summed E-state index contributed by atoms with van der Waals surface area (Å²) in [6, 6.07) is 7.58. The van der Waals surface area contributed by atoms with Gasteiger partial charge < -0.3 is 10.1 Å². The lowest BCUT2D eigenvalue weighted by Crippen LogP contribution is -2.49. The molecule has 2 amide bonds. The third kappa shape index (κ3) is 7.60. The number of hydrogen-bond donors (Lipinski definition) is 3. The van der Waals surface area contributed by atoms with Gasteiger partial charge in [0.05, 0.1) is 0 Å². The van der Waals surface area contributed by atoms with Crippen LogP contribution in [0, 0.1) is 0 Å². The molecule has 0 heterocycles. The Morgan fingerprint density at radius 2 is 1.78 bits per heavy atom. The van der Waals surface area contributed by atoms with Crippen molar-refractivity contribution in [3.8, 4) is 5.75 Å². The van der Waals surface area contributed by atoms with Crippen molar-refractivity contribution >= 4 is 29.1 Å². The zero-order valence-electron chi connectivity index (χ0n) is 13.6. The van der Waals surface area contributed by atoms with Crippen molar-refractivity contribution in [1.29, 1.82) is 0 Å². The van der Waals surface area contributed by atoms with Crippen LogP contribution in [0.1, 0.15) is 45.1 Å². The van der Waals surface area contributed by atoms with E-state index in [1.54, 1.807) is 0 Å². The number of carbonyl (C=O) groups is 2. The van der Waals surface area contributed by atoms with Gasteiger partial charge in [-0.2, -0.15) is 0 Å². The predicted octanol–water partition coefficient (Wildman–Crippen LogP) is 2.01. The monoisotopic (exact) mass is 337 g/mol. The van der Waals surface area contributed by atoms with E-state index in [0.717, 1.165) is 6.42 Å². The first kappa shape index (κ1) is 18.9. The molecule has 0 atom stereocenters. The van der Waals surface area contributed by atoms with Crippen molar-refractivity contribution in [3.63, 3.8) is 0 Å². The van der Waals surface area contributed by atoms with Crippen LogP contribution in [0.25, 0.3) is 0 Å². The lowest BCUT2D eigenvalue weighted by Gasteiger charge is -2.11. The van der Waals surface area contributed by atoms with Crippen LogP contribution in [0.5, 0.6) is 5.75 Å². The summed E-state index contributed by atoms with van der Waals surface area (Å²) in [6.07, 6.45) is 1.11. The van der Waals surface area contributed by atoms with Gasteiger partial charge in [-0.3, -0.25) is 20.4 Å². The van der Waals surface area contributed by atoms with Crippen molar-refractivity contribution < 1.29 is 14.3 Å². The van der Waals surface area contributed by atoms with Crippen molar-refractivity contribution in [3.05, 3.63) is 29.8 Å². The van der Waals surface area contributed by atoms with Crippen molar-refractivity contribution in [2.75, 3.05) is 6.61 Å². The van der Waals surface area contributed by atoms with Crippen LogP contribution in [-0.4, -0.2) is 23.5 Å². The fraction of sp³-hybridized carbons (Fsp3) is 0.438. The van der Waals surface area contributed by atoms with Gasteiger partial charge in [-0.1, -0.05) is 32.9 Å². The molecule has 23 heavy (non-hydrogen) atoms. The summed E-state index contributed by atoms with van der Waals surface area (Å²) in [5, 5.41) is 2.51. The lowest BCUT2D eigenvalue weighted by atomic mass is 10.0. The Bertz CT molecular complexity index is 544. The number of nitrogens with one attached hydrogen (secondary N) is 3. The third-order valence-electron chi connectivity index (χ3n) is 2.96. The SMILES string of the molecule is CCCC(=O)NC(=S)NNC(=O)COc1ccc(C(C)C)cc1. The molecule has 0 fully saturated rings. The summed E-state index contributed by atoms with van der Waals surface area (Å²) in [5.74, 6) is 0.467. The van der Waals surface area contributed by atoms with E-state index in [-0.39, 0.29) is 17.6 Å². The summed E-state index contributed by atoms with van der Waals surface area (Å²) in [5.41, 5.74) is 6.02. The zero-order valence-corrected chi connectivity index (χ0v) is 14.5. The normalized spacial score (nSPS) is 10.1. The maximum absolute atomic E-state index is 11.6. The minimum absolute atomic E-state index is 0.0538. The molecule has 0 spiro atoms. The van der Waals surface area contributed by atoms with Gasteiger partial charge in [0, 0.05) is 6.42 Å². The fourth-order valence-electron chi connectivity index (χ4n) is 1.71. The maximum Gasteiger partial charge on any atom is 0.276 e. The largest absolute Gasteiger partial charge is 0.484 e. The highest BCUT2D eigenvalue weighted by Gasteiger charge is 2.06. The molecule has 1 aromatic carbocycles. The van der Waals surface area contributed by atoms with Crippen LogP contribution in [0.2, 0.25) is 0 Å². The van der Waals surface area contributed by atoms with E-state index in [2.05, 4.69) is 30.0 Å². The molecular weight excluding hydrogens is 314 g/mol. The molecule has 6 nitrogen and oxygen atoms in total. The second-order valence-corrected chi connectivity index (χ2v) is 5.72. The van der Waals surface area contributed by atoms with Crippen LogP contribution in [-0.2, 0) is 9.59 Å². The number of hydrazine groups is 1. The van der Waals surface area contributed by atoms with Crippen molar-refractivity contribution in [2.24, 2.45) is 0 Å². The first-order valence-electron chi connectivity index (χ1n) is 7.53. The molecule has 0 aromatic heterocycles. The van der Waals surface area contributed by atoms with Gasteiger partial charge in [-0.25, -0.2) is 0 Å². The summed E-state index contributed by atoms with van der Waals surface area (Å²) in [7, 11) is 0. The number of carbonyl (C=O) groups excluding carboxylic acids is 2. The average molecular weight is 337 g/mol. The number of hydrogen-bond acceptors (Lipinski definition) is 4. The Labute approximate surface area is 141 Å². The summed E-state index contributed by atoms with van der Waals surface area (Å²) >= 11 is 4.88. The summed E-state index contributed by atoms with van der Waals surface area (Å²) in [4.78, 5) is 22.9. The molecule has 0 radical (unpaired) electrons. The van der Waals surface area contributed by atoms with Gasteiger partial charge in [0.2, 0.25) is 5.91 Å². The lowest BCUT2D eigenvalue weighted by molar-refractivity contribution is -0.124. The van der Waals surface area contributed by atoms with E-state index in [4.69, 9.17) is 17.0 Å². The average Bonchev–Trinajstić information content (AvgIpc) is 2.51. The molecule has 1 aromatic rings. The molecular formula is C16H23N3O3S. The maximum atomic E-state index is 11.6. The number of ether oxygens (including phenoxy) is 1. The van der Waals surface area contributed by atoms with E-state index in [1.807, 2.05) is 31.2 Å². The molecule has 1 rings (SSSR count). The Kier molecular flexibility index (Phi) is 8.04. The number of benzene rings is 1. The minimum Gasteiger partial charge on any atom is -0.484 e. The molecule has 0 saturated carbocycles. The third-order valence-corrected chi connectivity index (χ3v) is 3.17. The Hall–Kier alpha value is -2.15. The highest BCUT2D eigenvalue weighted by atomic mass is 32.1. The first-order chi connectivity index (χ1) is 10.9. The minimum atomic E-state index is -0.398. The van der Waals surface area contributed by atoms with Crippen molar-refractivity contribution in [2.45, 2.75) is 39.5 Å². The standard InChI is InChI=1S/C16H23N3O3S/c1-4-5-14(20)17-16(23)19-18-15(21)10-22-13-8-6-12(7-9-13)11(2)3/h6-9,11H,4-5,10H2,1-3H3,(H,18,21)(H2,17,19,20,23). The quantitative estimate of drug-likeness (QED) is 0.547. The zero-order chi connectivity index (χ0) is 17.2. The van der Waals surface area contributed by atoms with Gasteiger partial charge in [0.25, 0.3) is 5.91 Å². The van der Waals surface area contributed by atoms with Crippen LogP contribution < -0.4 is 20.9 Å². The van der Waals surface area contributed by atoms with E-state index in [0.29, 0.717) is 18.1 Å². The van der Waals surface area contributed by atoms with E-state index in [1.165, 1.54) is 5.56 Å². The smallest absolute Gasteiger partial charge is 0.276 e. The Balaban J connectivity index is 2.28. The van der Waals surface area contributed by atoms with E-state index < -0.39 is 5.91 Å². The van der Waals surface area contributed by atoms with Crippen LogP contribution in [0.15, 0.2) is 24.3 Å². The molecule has 3 N–H and O–H groups in total. The van der Waals surface area contributed by atoms with Gasteiger partial charge >= 0.3 is 0 Å². The van der Waals surface area contributed by atoms with E-state index >= 15 is 0 Å². The number of thiocarbonyl (C=S) groups is 1. The van der Waals surface area contributed by atoms with Crippen molar-refractivity contribution in [1.82, 2.24) is 16.2 Å². The van der Waals surface area contributed by atoms with Crippen LogP contribution in [0.4, 0.5) is 0 Å². The second-order valence-electron chi connectivity index (χ2n) is 5.31. The number of amides is 2. The molecule has 0 aliphatic heterocycles. The predicted molar refractivity (Wildman–Crippen MR) is 93.0 cm³/mol. The molecule has 0 saturated heterocycles. The summed E-state index contributed by atoms with van der Waals surface area (Å²) < 4.78 is 5.37. The van der Waals surface area contributed by atoms with Crippen LogP contribution in [0.3, 0.4) is 0 Å². The molecule has 7 heteroatoms. The molecule has 0 unspecified atom stereocenters. The molecule has 0 aliphatic carbocycles. The first-order valence-corrected chi connectivity index (χ1v) is 7.94. The van der Waals surface area contributed by atoms with Gasteiger partial charge in [0.1, 0.15) is 5.75 Å².